The quantitative estimate of drug-likeness (QED) is 0.845. The minimum atomic E-state index is -0.872. The van der Waals surface area contributed by atoms with Gasteiger partial charge < -0.3 is 10.6 Å². The summed E-state index contributed by atoms with van der Waals surface area (Å²) in [6, 6.07) is 15.7. The minimum Gasteiger partial charge on any atom is -0.369 e. The first-order valence-electron chi connectivity index (χ1n) is 9.18. The number of rotatable bonds is 7. The highest BCUT2D eigenvalue weighted by Crippen LogP contribution is 2.42. The molecule has 1 aromatic heterocycles. The predicted octanol–water partition coefficient (Wildman–Crippen LogP) is 2.98. The zero-order chi connectivity index (χ0) is 17.7. The van der Waals surface area contributed by atoms with Gasteiger partial charge in [-0.1, -0.05) is 49.7 Å². The van der Waals surface area contributed by atoms with Crippen LogP contribution in [0, 0.1) is 5.92 Å². The second kappa shape index (κ2) is 7.79. The van der Waals surface area contributed by atoms with Crippen molar-refractivity contribution in [3.8, 4) is 0 Å². The Bertz CT molecular complexity index is 647. The molecule has 1 amide bonds. The van der Waals surface area contributed by atoms with Crippen molar-refractivity contribution in [2.24, 2.45) is 11.7 Å². The van der Waals surface area contributed by atoms with E-state index in [1.165, 1.54) is 12.8 Å². The predicted molar refractivity (Wildman–Crippen MR) is 100 cm³/mol. The Morgan fingerprint density at radius 2 is 2.00 bits per heavy atom. The van der Waals surface area contributed by atoms with Gasteiger partial charge in [-0.05, 0) is 49.5 Å². The molecule has 2 unspecified atom stereocenters. The topological polar surface area (TPSA) is 59.2 Å². The molecular weight excluding hydrogens is 310 g/mol. The summed E-state index contributed by atoms with van der Waals surface area (Å²) in [5.74, 6) is -0.168. The normalized spacial score (nSPS) is 20.3. The molecule has 2 heterocycles. The van der Waals surface area contributed by atoms with Crippen LogP contribution in [0.1, 0.15) is 37.4 Å². The molecule has 4 nitrogen and oxygen atoms in total. The van der Waals surface area contributed by atoms with Crippen molar-refractivity contribution >= 4 is 5.91 Å². The van der Waals surface area contributed by atoms with Gasteiger partial charge in [-0.2, -0.15) is 0 Å². The number of likely N-dealkylation sites (tertiary alicyclic amines) is 1. The number of aromatic nitrogens is 1. The first-order valence-corrected chi connectivity index (χ1v) is 9.18. The second-order valence-corrected chi connectivity index (χ2v) is 6.89. The summed E-state index contributed by atoms with van der Waals surface area (Å²) < 4.78 is 0. The van der Waals surface area contributed by atoms with Crippen LogP contribution in [0.15, 0.2) is 54.7 Å². The first kappa shape index (κ1) is 17.6. The summed E-state index contributed by atoms with van der Waals surface area (Å²) in [7, 11) is 0. The molecule has 132 valence electrons. The summed E-state index contributed by atoms with van der Waals surface area (Å²) in [5.41, 5.74) is 6.90. The van der Waals surface area contributed by atoms with Crippen LogP contribution >= 0.6 is 0 Å². The number of nitrogens with zero attached hydrogens (tertiary/aromatic N) is 2. The van der Waals surface area contributed by atoms with E-state index in [1.807, 2.05) is 48.5 Å². The SMILES string of the molecule is CCCCN1CCC(C(C(N)=O)(c2ccccc2)c2ccccn2)C1. The number of nitrogens with two attached hydrogens (primary N) is 1. The van der Waals surface area contributed by atoms with Crippen LogP contribution in [0.5, 0.6) is 0 Å². The molecule has 1 fully saturated rings. The number of hydrogen-bond donors (Lipinski definition) is 1. The molecule has 0 radical (unpaired) electrons. The van der Waals surface area contributed by atoms with Gasteiger partial charge in [-0.3, -0.25) is 9.78 Å². The van der Waals surface area contributed by atoms with Gasteiger partial charge in [0.15, 0.2) is 0 Å². The van der Waals surface area contributed by atoms with Crippen LogP contribution in [-0.2, 0) is 10.2 Å². The molecule has 3 rings (SSSR count). The fraction of sp³-hybridized carbons (Fsp3) is 0.429. The lowest BCUT2D eigenvalue weighted by Gasteiger charge is -2.36. The lowest BCUT2D eigenvalue weighted by Crippen LogP contribution is -2.49. The number of hydrogen-bond acceptors (Lipinski definition) is 3. The van der Waals surface area contributed by atoms with Gasteiger partial charge in [0.05, 0.1) is 5.69 Å². The Balaban J connectivity index is 2.05. The third kappa shape index (κ3) is 3.31. The van der Waals surface area contributed by atoms with Crippen molar-refractivity contribution in [3.05, 3.63) is 66.0 Å². The average Bonchev–Trinajstić information content (AvgIpc) is 3.11. The highest BCUT2D eigenvalue weighted by atomic mass is 16.1. The van der Waals surface area contributed by atoms with Crippen LogP contribution in [0.2, 0.25) is 0 Å². The highest BCUT2D eigenvalue weighted by Gasteiger charge is 2.50. The molecule has 2 N–H and O–H groups in total. The number of carbonyl (C=O) groups excluding carboxylic acids is 1. The van der Waals surface area contributed by atoms with E-state index in [0.717, 1.165) is 37.3 Å². The Morgan fingerprint density at radius 1 is 1.24 bits per heavy atom. The molecule has 1 saturated heterocycles. The van der Waals surface area contributed by atoms with Crippen molar-refractivity contribution in [1.29, 1.82) is 0 Å². The summed E-state index contributed by atoms with van der Waals surface area (Å²) in [4.78, 5) is 19.9. The average molecular weight is 337 g/mol. The van der Waals surface area contributed by atoms with Gasteiger partial charge in [0.1, 0.15) is 5.41 Å². The van der Waals surface area contributed by atoms with Gasteiger partial charge in [0.25, 0.3) is 0 Å². The Labute approximate surface area is 150 Å². The minimum absolute atomic E-state index is 0.138. The number of amides is 1. The highest BCUT2D eigenvalue weighted by molar-refractivity contribution is 5.90. The molecule has 0 saturated carbocycles. The molecule has 1 aliphatic heterocycles. The monoisotopic (exact) mass is 337 g/mol. The van der Waals surface area contributed by atoms with Crippen molar-refractivity contribution < 1.29 is 4.79 Å². The zero-order valence-corrected chi connectivity index (χ0v) is 14.9. The number of primary amides is 1. The second-order valence-electron chi connectivity index (χ2n) is 6.89. The number of benzene rings is 1. The third-order valence-electron chi connectivity index (χ3n) is 5.40. The molecule has 1 aromatic carbocycles. The van der Waals surface area contributed by atoms with Gasteiger partial charge in [0, 0.05) is 12.7 Å². The zero-order valence-electron chi connectivity index (χ0n) is 14.9. The maximum Gasteiger partial charge on any atom is 0.234 e. The molecular formula is C21H27N3O. The summed E-state index contributed by atoms with van der Waals surface area (Å²) in [6.45, 7) is 5.19. The number of unbranched alkanes of at least 4 members (excludes halogenated alkanes) is 1. The van der Waals surface area contributed by atoms with Crippen LogP contribution in [0.3, 0.4) is 0 Å². The largest absolute Gasteiger partial charge is 0.369 e. The van der Waals surface area contributed by atoms with E-state index in [2.05, 4.69) is 16.8 Å². The van der Waals surface area contributed by atoms with E-state index >= 15 is 0 Å². The molecule has 1 aliphatic rings. The fourth-order valence-electron chi connectivity index (χ4n) is 4.13. The van der Waals surface area contributed by atoms with Gasteiger partial charge in [-0.15, -0.1) is 0 Å². The maximum atomic E-state index is 12.9. The smallest absolute Gasteiger partial charge is 0.234 e. The van der Waals surface area contributed by atoms with Crippen LogP contribution in [0.4, 0.5) is 0 Å². The molecule has 4 heteroatoms. The Hall–Kier alpha value is -2.20. The van der Waals surface area contributed by atoms with Crippen molar-refractivity contribution in [2.75, 3.05) is 19.6 Å². The van der Waals surface area contributed by atoms with E-state index in [1.54, 1.807) is 6.20 Å². The standard InChI is InChI=1S/C21H27N3O/c1-2-3-14-24-15-12-18(16-24)21(20(22)25,17-9-5-4-6-10-17)19-11-7-8-13-23-19/h4-11,13,18H,2-3,12,14-16H2,1H3,(H2,22,25). The van der Waals surface area contributed by atoms with Crippen LogP contribution < -0.4 is 5.73 Å². The van der Waals surface area contributed by atoms with Gasteiger partial charge in [0.2, 0.25) is 5.91 Å². The third-order valence-corrected chi connectivity index (χ3v) is 5.40. The number of carbonyl (C=O) groups is 1. The maximum absolute atomic E-state index is 12.9. The van der Waals surface area contributed by atoms with E-state index in [-0.39, 0.29) is 11.8 Å². The molecule has 0 spiro atoms. The van der Waals surface area contributed by atoms with E-state index in [9.17, 15) is 4.79 Å². The molecule has 2 atom stereocenters. The molecule has 2 aromatic rings. The van der Waals surface area contributed by atoms with Crippen LogP contribution in [-0.4, -0.2) is 35.4 Å². The Kier molecular flexibility index (Phi) is 5.49. The van der Waals surface area contributed by atoms with Crippen molar-refractivity contribution in [1.82, 2.24) is 9.88 Å². The first-order chi connectivity index (χ1) is 12.2. The van der Waals surface area contributed by atoms with Crippen molar-refractivity contribution in [3.63, 3.8) is 0 Å². The van der Waals surface area contributed by atoms with Crippen LogP contribution in [0.25, 0.3) is 0 Å². The van der Waals surface area contributed by atoms with Gasteiger partial charge >= 0.3 is 0 Å². The van der Waals surface area contributed by atoms with Crippen molar-refractivity contribution in [2.45, 2.75) is 31.6 Å². The molecule has 0 aliphatic carbocycles. The number of pyridine rings is 1. The van der Waals surface area contributed by atoms with E-state index in [4.69, 9.17) is 5.73 Å². The molecule has 25 heavy (non-hydrogen) atoms. The lowest BCUT2D eigenvalue weighted by molar-refractivity contribution is -0.123. The van der Waals surface area contributed by atoms with E-state index < -0.39 is 5.41 Å². The molecule has 0 bridgehead atoms. The fourth-order valence-corrected chi connectivity index (χ4v) is 4.13. The summed E-state index contributed by atoms with van der Waals surface area (Å²) in [6.07, 6.45) is 5.07. The Morgan fingerprint density at radius 3 is 2.64 bits per heavy atom. The summed E-state index contributed by atoms with van der Waals surface area (Å²) in [5, 5.41) is 0. The summed E-state index contributed by atoms with van der Waals surface area (Å²) >= 11 is 0. The van der Waals surface area contributed by atoms with E-state index in [0.29, 0.717) is 0 Å². The lowest BCUT2D eigenvalue weighted by atomic mass is 9.66. The van der Waals surface area contributed by atoms with Gasteiger partial charge in [-0.25, -0.2) is 0 Å².